The zero-order valence-corrected chi connectivity index (χ0v) is 17.7. The quantitative estimate of drug-likeness (QED) is 0.593. The molecule has 1 N–H and O–H groups in total. The predicted octanol–water partition coefficient (Wildman–Crippen LogP) is 3.72. The molecule has 0 aliphatic carbocycles. The molecule has 2 aromatic carbocycles. The Kier molecular flexibility index (Phi) is 5.94. The first-order valence-electron chi connectivity index (χ1n) is 9.97. The number of aryl methyl sites for hydroxylation is 2. The van der Waals surface area contributed by atoms with E-state index >= 15 is 0 Å². The first kappa shape index (κ1) is 20.3. The molecule has 0 radical (unpaired) electrons. The van der Waals surface area contributed by atoms with Gasteiger partial charge in [0.1, 0.15) is 29.7 Å². The number of aromatic nitrogens is 2. The van der Waals surface area contributed by atoms with Gasteiger partial charge in [0.05, 0.1) is 18.5 Å². The summed E-state index contributed by atoms with van der Waals surface area (Å²) in [6.07, 6.45) is 5.25. The number of para-hydroxylation sites is 1. The highest BCUT2D eigenvalue weighted by Gasteiger charge is 2.18. The van der Waals surface area contributed by atoms with Crippen molar-refractivity contribution < 1.29 is 17.9 Å². The molecule has 2 heterocycles. The van der Waals surface area contributed by atoms with Crippen molar-refractivity contribution in [2.75, 3.05) is 24.2 Å². The molecule has 0 bridgehead atoms. The van der Waals surface area contributed by atoms with Gasteiger partial charge in [0.25, 0.3) is 0 Å². The van der Waals surface area contributed by atoms with E-state index in [2.05, 4.69) is 9.29 Å². The van der Waals surface area contributed by atoms with E-state index in [-0.39, 0.29) is 12.4 Å². The molecule has 0 unspecified atom stereocenters. The molecule has 1 aliphatic rings. The SMILES string of the molecule is COc1ccc(OCCS(=O)(=O)Nc2ccccc2-c2cn3c(n2)CCCC3)cc1. The summed E-state index contributed by atoms with van der Waals surface area (Å²) in [4.78, 5) is 4.72. The van der Waals surface area contributed by atoms with Gasteiger partial charge < -0.3 is 14.0 Å². The lowest BCUT2D eigenvalue weighted by atomic mass is 10.1. The summed E-state index contributed by atoms with van der Waals surface area (Å²) in [5.41, 5.74) is 2.09. The van der Waals surface area contributed by atoms with Gasteiger partial charge in [0.15, 0.2) is 0 Å². The Labute approximate surface area is 176 Å². The summed E-state index contributed by atoms with van der Waals surface area (Å²) in [6, 6.07) is 14.4. The van der Waals surface area contributed by atoms with Crippen LogP contribution in [-0.4, -0.2) is 37.4 Å². The molecule has 1 aromatic heterocycles. The van der Waals surface area contributed by atoms with Crippen molar-refractivity contribution in [2.45, 2.75) is 25.8 Å². The van der Waals surface area contributed by atoms with Crippen LogP contribution in [0.5, 0.6) is 11.5 Å². The number of sulfonamides is 1. The van der Waals surface area contributed by atoms with Crippen molar-refractivity contribution in [1.29, 1.82) is 0 Å². The summed E-state index contributed by atoms with van der Waals surface area (Å²) >= 11 is 0. The number of methoxy groups -OCH3 is 1. The molecule has 30 heavy (non-hydrogen) atoms. The van der Waals surface area contributed by atoms with Gasteiger partial charge >= 0.3 is 0 Å². The average molecular weight is 428 g/mol. The second-order valence-corrected chi connectivity index (χ2v) is 9.03. The van der Waals surface area contributed by atoms with Crippen LogP contribution >= 0.6 is 0 Å². The van der Waals surface area contributed by atoms with Gasteiger partial charge in [-0.15, -0.1) is 0 Å². The van der Waals surface area contributed by atoms with Crippen molar-refractivity contribution >= 4 is 15.7 Å². The Balaban J connectivity index is 1.43. The van der Waals surface area contributed by atoms with Crippen LogP contribution in [0.25, 0.3) is 11.3 Å². The van der Waals surface area contributed by atoms with Crippen LogP contribution in [0.3, 0.4) is 0 Å². The molecule has 0 spiro atoms. The molecule has 158 valence electrons. The van der Waals surface area contributed by atoms with Crippen molar-refractivity contribution in [3.8, 4) is 22.8 Å². The largest absolute Gasteiger partial charge is 0.497 e. The first-order valence-corrected chi connectivity index (χ1v) is 11.6. The van der Waals surface area contributed by atoms with Crippen LogP contribution < -0.4 is 14.2 Å². The molecular formula is C22H25N3O4S. The molecule has 0 atom stereocenters. The number of hydrogen-bond acceptors (Lipinski definition) is 5. The van der Waals surface area contributed by atoms with E-state index in [1.807, 2.05) is 24.4 Å². The number of benzene rings is 2. The number of anilines is 1. The van der Waals surface area contributed by atoms with Crippen LogP contribution in [0, 0.1) is 0 Å². The number of fused-ring (bicyclic) bond motifs is 1. The molecule has 1 aliphatic heterocycles. The second kappa shape index (κ2) is 8.79. The summed E-state index contributed by atoms with van der Waals surface area (Å²) in [7, 11) is -2.00. The lowest BCUT2D eigenvalue weighted by molar-refractivity contribution is 0.340. The van der Waals surface area contributed by atoms with Gasteiger partial charge in [0.2, 0.25) is 10.0 Å². The van der Waals surface area contributed by atoms with Crippen LogP contribution in [0.15, 0.2) is 54.7 Å². The van der Waals surface area contributed by atoms with Crippen molar-refractivity contribution in [1.82, 2.24) is 9.55 Å². The van der Waals surface area contributed by atoms with E-state index in [0.29, 0.717) is 17.2 Å². The third-order valence-corrected chi connectivity index (χ3v) is 6.29. The number of hydrogen-bond donors (Lipinski definition) is 1. The highest BCUT2D eigenvalue weighted by molar-refractivity contribution is 7.92. The van der Waals surface area contributed by atoms with Crippen molar-refractivity contribution in [2.24, 2.45) is 0 Å². The van der Waals surface area contributed by atoms with E-state index in [0.717, 1.165) is 42.9 Å². The number of imidazole rings is 1. The Morgan fingerprint density at radius 1 is 1.07 bits per heavy atom. The second-order valence-electron chi connectivity index (χ2n) is 7.18. The summed E-state index contributed by atoms with van der Waals surface area (Å²) in [5.74, 6) is 2.21. The molecule has 0 fully saturated rings. The Hall–Kier alpha value is -3.00. The fourth-order valence-corrected chi connectivity index (χ4v) is 4.42. The molecule has 0 saturated heterocycles. The smallest absolute Gasteiger partial charge is 0.236 e. The molecule has 3 aromatic rings. The highest BCUT2D eigenvalue weighted by Crippen LogP contribution is 2.29. The lowest BCUT2D eigenvalue weighted by Gasteiger charge is -2.12. The van der Waals surface area contributed by atoms with Crippen molar-refractivity contribution in [3.63, 3.8) is 0 Å². The third-order valence-electron chi connectivity index (χ3n) is 5.06. The fraction of sp³-hybridized carbons (Fsp3) is 0.318. The van der Waals surface area contributed by atoms with E-state index < -0.39 is 10.0 Å². The molecule has 0 amide bonds. The third kappa shape index (κ3) is 4.76. The monoisotopic (exact) mass is 427 g/mol. The minimum atomic E-state index is -3.58. The summed E-state index contributed by atoms with van der Waals surface area (Å²) in [6.45, 7) is 1.00. The van der Waals surface area contributed by atoms with Crippen LogP contribution in [-0.2, 0) is 23.0 Å². The van der Waals surface area contributed by atoms with E-state index in [9.17, 15) is 8.42 Å². The number of nitrogens with zero attached hydrogens (tertiary/aromatic N) is 2. The number of nitrogens with one attached hydrogen (secondary N) is 1. The standard InChI is InChI=1S/C22H25N3O4S/c1-28-17-9-11-18(12-10-17)29-14-15-30(26,27)24-20-7-3-2-6-19(20)21-16-25-13-5-4-8-22(25)23-21/h2-3,6-7,9-12,16,24H,4-5,8,13-15H2,1H3. The van der Waals surface area contributed by atoms with Gasteiger partial charge in [-0.3, -0.25) is 4.72 Å². The van der Waals surface area contributed by atoms with E-state index in [1.165, 1.54) is 0 Å². The maximum atomic E-state index is 12.6. The topological polar surface area (TPSA) is 82.5 Å². The maximum Gasteiger partial charge on any atom is 0.236 e. The predicted molar refractivity (Wildman–Crippen MR) is 116 cm³/mol. The lowest BCUT2D eigenvalue weighted by Crippen LogP contribution is -2.21. The maximum absolute atomic E-state index is 12.6. The molecule has 7 nitrogen and oxygen atoms in total. The van der Waals surface area contributed by atoms with Crippen LogP contribution in [0.4, 0.5) is 5.69 Å². The fourth-order valence-electron chi connectivity index (χ4n) is 3.50. The van der Waals surface area contributed by atoms with Gasteiger partial charge in [0, 0.05) is 24.7 Å². The zero-order chi connectivity index (χ0) is 21.0. The Bertz CT molecular complexity index is 1080. The molecule has 0 saturated carbocycles. The Morgan fingerprint density at radius 2 is 1.83 bits per heavy atom. The minimum absolute atomic E-state index is 0.0443. The van der Waals surface area contributed by atoms with Crippen molar-refractivity contribution in [3.05, 3.63) is 60.6 Å². The van der Waals surface area contributed by atoms with Crippen LogP contribution in [0.1, 0.15) is 18.7 Å². The summed E-state index contributed by atoms with van der Waals surface area (Å²) in [5, 5.41) is 0. The molecular weight excluding hydrogens is 402 g/mol. The van der Waals surface area contributed by atoms with E-state index in [1.54, 1.807) is 37.4 Å². The van der Waals surface area contributed by atoms with Gasteiger partial charge in [-0.1, -0.05) is 18.2 Å². The molecule has 4 rings (SSSR count). The number of rotatable bonds is 8. The highest BCUT2D eigenvalue weighted by atomic mass is 32.2. The van der Waals surface area contributed by atoms with Gasteiger partial charge in [-0.05, 0) is 43.2 Å². The average Bonchev–Trinajstić information content (AvgIpc) is 3.18. The number of ether oxygens (including phenoxy) is 2. The molecule has 8 heteroatoms. The summed E-state index contributed by atoms with van der Waals surface area (Å²) < 4.78 is 40.8. The first-order chi connectivity index (χ1) is 14.5. The Morgan fingerprint density at radius 3 is 2.60 bits per heavy atom. The van der Waals surface area contributed by atoms with E-state index in [4.69, 9.17) is 14.5 Å². The van der Waals surface area contributed by atoms with Gasteiger partial charge in [-0.2, -0.15) is 0 Å². The minimum Gasteiger partial charge on any atom is -0.497 e. The normalized spacial score (nSPS) is 13.5. The zero-order valence-electron chi connectivity index (χ0n) is 16.9. The van der Waals surface area contributed by atoms with Crippen LogP contribution in [0.2, 0.25) is 0 Å². The van der Waals surface area contributed by atoms with Gasteiger partial charge in [-0.25, -0.2) is 13.4 Å².